The Morgan fingerprint density at radius 2 is 1.24 bits per heavy atom. The minimum Gasteiger partial charge on any atom is -0.406 e. The van der Waals surface area contributed by atoms with Crippen LogP contribution in [0.1, 0.15) is 37.8 Å². The summed E-state index contributed by atoms with van der Waals surface area (Å²) in [4.78, 5) is 40.8. The van der Waals surface area contributed by atoms with Gasteiger partial charge in [-0.2, -0.15) is 0 Å². The zero-order valence-electron chi connectivity index (χ0n) is 25.8. The van der Waals surface area contributed by atoms with Gasteiger partial charge < -0.3 is 19.9 Å². The third kappa shape index (κ3) is 6.35. The Balaban J connectivity index is 0.000000118. The lowest BCUT2D eigenvalue weighted by molar-refractivity contribution is 0.256. The van der Waals surface area contributed by atoms with E-state index in [4.69, 9.17) is 26.2 Å². The van der Waals surface area contributed by atoms with Crippen molar-refractivity contribution < 1.29 is 8.83 Å². The van der Waals surface area contributed by atoms with E-state index in [1.54, 1.807) is 57.1 Å². The molecule has 6 aromatic heterocycles. The number of aromatic nitrogens is 6. The average molecular weight is 713 g/mol. The SMILES string of the molecule is Clc1nc2ccccc2s1.NC1CC(n2c(=O)oc3cccnc32)C1.O=c1oc2cccnc2n1C1CC(Nc2nc3ccccc3s2)C1. The smallest absolute Gasteiger partial charge is 0.406 e. The predicted molar refractivity (Wildman–Crippen MR) is 193 cm³/mol. The number of nitrogens with one attached hydrogen (secondary N) is 1. The second-order valence-electron chi connectivity index (χ2n) is 11.9. The maximum atomic E-state index is 12.1. The summed E-state index contributed by atoms with van der Waals surface area (Å²) in [5, 5.41) is 4.40. The molecule has 0 saturated heterocycles. The number of thiazole rings is 2. The molecule has 0 aliphatic heterocycles. The summed E-state index contributed by atoms with van der Waals surface area (Å²) in [7, 11) is 0. The Morgan fingerprint density at radius 1 is 0.714 bits per heavy atom. The van der Waals surface area contributed by atoms with Crippen molar-refractivity contribution in [3.63, 3.8) is 0 Å². The number of hydrogen-bond acceptors (Lipinski definition) is 12. The van der Waals surface area contributed by atoms with E-state index < -0.39 is 0 Å². The lowest BCUT2D eigenvalue weighted by Gasteiger charge is -2.35. The summed E-state index contributed by atoms with van der Waals surface area (Å²) in [6.45, 7) is 0. The van der Waals surface area contributed by atoms with Gasteiger partial charge in [0.2, 0.25) is 0 Å². The van der Waals surface area contributed by atoms with E-state index in [0.717, 1.165) is 46.5 Å². The first-order chi connectivity index (χ1) is 23.9. The van der Waals surface area contributed by atoms with E-state index in [1.165, 1.54) is 16.0 Å². The molecule has 2 fully saturated rings. The first-order valence-electron chi connectivity index (χ1n) is 15.7. The molecule has 3 N–H and O–H groups in total. The molecule has 49 heavy (non-hydrogen) atoms. The van der Waals surface area contributed by atoms with Gasteiger partial charge in [0, 0.05) is 36.6 Å². The van der Waals surface area contributed by atoms with Crippen molar-refractivity contribution in [3.05, 3.63) is 111 Å². The monoisotopic (exact) mass is 712 g/mol. The van der Waals surface area contributed by atoms with E-state index in [-0.39, 0.29) is 29.6 Å². The largest absolute Gasteiger partial charge is 0.421 e. The lowest BCUT2D eigenvalue weighted by atomic mass is 9.86. The van der Waals surface area contributed by atoms with Gasteiger partial charge in [0.25, 0.3) is 0 Å². The van der Waals surface area contributed by atoms with Crippen LogP contribution >= 0.6 is 34.3 Å². The first-order valence-corrected chi connectivity index (χ1v) is 17.7. The lowest BCUT2D eigenvalue weighted by Crippen LogP contribution is -2.40. The number of anilines is 1. The van der Waals surface area contributed by atoms with E-state index in [0.29, 0.717) is 33.0 Å². The van der Waals surface area contributed by atoms with Crippen LogP contribution in [0.4, 0.5) is 5.13 Å². The predicted octanol–water partition coefficient (Wildman–Crippen LogP) is 7.02. The fourth-order valence-electron chi connectivity index (χ4n) is 6.10. The van der Waals surface area contributed by atoms with Crippen LogP contribution in [0, 0.1) is 0 Å². The molecule has 0 amide bonds. The number of halogens is 1. The summed E-state index contributed by atoms with van der Waals surface area (Å²) < 4.78 is 16.6. The van der Waals surface area contributed by atoms with Crippen molar-refractivity contribution in [3.8, 4) is 0 Å². The van der Waals surface area contributed by atoms with Crippen molar-refractivity contribution in [1.29, 1.82) is 0 Å². The molecular formula is C34H29ClN8O4S2. The Labute approximate surface area is 290 Å². The topological polar surface area (TPSA) is 160 Å². The molecule has 0 unspecified atom stereocenters. The van der Waals surface area contributed by atoms with Gasteiger partial charge in [-0.15, -0.1) is 11.3 Å². The van der Waals surface area contributed by atoms with Crippen LogP contribution in [0.5, 0.6) is 0 Å². The summed E-state index contributed by atoms with van der Waals surface area (Å²) >= 11 is 8.85. The molecule has 8 aromatic rings. The molecule has 2 aliphatic rings. The molecule has 0 bridgehead atoms. The minimum absolute atomic E-state index is 0.125. The molecule has 2 aromatic carbocycles. The van der Waals surface area contributed by atoms with Gasteiger partial charge in [0.15, 0.2) is 32.1 Å². The number of rotatable bonds is 4. The van der Waals surface area contributed by atoms with E-state index in [2.05, 4.69) is 31.3 Å². The van der Waals surface area contributed by atoms with Crippen molar-refractivity contribution in [2.75, 3.05) is 5.32 Å². The molecule has 2 saturated carbocycles. The van der Waals surface area contributed by atoms with Crippen molar-refractivity contribution in [2.45, 2.75) is 49.9 Å². The van der Waals surface area contributed by atoms with E-state index in [9.17, 15) is 9.59 Å². The molecule has 0 spiro atoms. The van der Waals surface area contributed by atoms with Crippen LogP contribution in [0.15, 0.2) is 104 Å². The molecule has 248 valence electrons. The van der Waals surface area contributed by atoms with Gasteiger partial charge >= 0.3 is 11.5 Å². The van der Waals surface area contributed by atoms with Crippen LogP contribution in [-0.2, 0) is 0 Å². The number of fused-ring (bicyclic) bond motifs is 4. The maximum Gasteiger partial charge on any atom is 0.421 e. The summed E-state index contributed by atoms with van der Waals surface area (Å²) in [6.07, 6.45) is 6.72. The second-order valence-corrected chi connectivity index (χ2v) is 14.5. The zero-order valence-corrected chi connectivity index (χ0v) is 28.2. The molecule has 6 heterocycles. The number of oxazole rings is 2. The van der Waals surface area contributed by atoms with Crippen molar-refractivity contribution >= 4 is 82.3 Å². The highest BCUT2D eigenvalue weighted by atomic mass is 35.5. The number of hydrogen-bond donors (Lipinski definition) is 2. The van der Waals surface area contributed by atoms with Crippen LogP contribution in [0.3, 0.4) is 0 Å². The standard InChI is InChI=1S/C17H14N4O2S.C10H11N3O2.C7H4ClNS/c22-17-21(15-13(23-17)5-3-7-18-15)11-8-10(9-11)19-16-20-12-4-1-2-6-14(12)24-16;11-6-4-7(5-6)13-9-8(15-10(13)14)2-1-3-12-9;8-7-9-5-3-1-2-4-6(5)10-7/h1-7,10-11H,8-9H2,(H,19,20);1-3,6-7H,4-5,11H2;1-4H. The number of nitrogens with two attached hydrogens (primary N) is 1. The number of benzene rings is 2. The molecule has 10 rings (SSSR count). The summed E-state index contributed by atoms with van der Waals surface area (Å²) in [6, 6.07) is 23.9. The van der Waals surface area contributed by atoms with Gasteiger partial charge in [0.1, 0.15) is 0 Å². The van der Waals surface area contributed by atoms with Crippen molar-refractivity contribution in [1.82, 2.24) is 29.1 Å². The van der Waals surface area contributed by atoms with Crippen LogP contribution in [-0.4, -0.2) is 41.2 Å². The fraction of sp³-hybridized carbons (Fsp3) is 0.235. The van der Waals surface area contributed by atoms with E-state index >= 15 is 0 Å². The molecular weight excluding hydrogens is 684 g/mol. The Morgan fingerprint density at radius 3 is 1.80 bits per heavy atom. The Hall–Kier alpha value is -4.89. The quantitative estimate of drug-likeness (QED) is 0.194. The van der Waals surface area contributed by atoms with Gasteiger partial charge in [-0.1, -0.05) is 47.2 Å². The minimum atomic E-state index is -0.333. The second kappa shape index (κ2) is 13.2. The Kier molecular flexibility index (Phi) is 8.45. The molecule has 0 radical (unpaired) electrons. The van der Waals surface area contributed by atoms with Gasteiger partial charge in [-0.05, 0) is 74.2 Å². The molecule has 15 heteroatoms. The van der Waals surface area contributed by atoms with Crippen LogP contribution in [0.2, 0.25) is 4.47 Å². The zero-order chi connectivity index (χ0) is 33.5. The first kappa shape index (κ1) is 31.4. The van der Waals surface area contributed by atoms with Gasteiger partial charge in [-0.25, -0.2) is 29.5 Å². The number of nitrogens with zero attached hydrogens (tertiary/aromatic N) is 6. The maximum absolute atomic E-state index is 12.1. The highest BCUT2D eigenvalue weighted by Gasteiger charge is 2.34. The van der Waals surface area contributed by atoms with Crippen molar-refractivity contribution in [2.24, 2.45) is 5.73 Å². The van der Waals surface area contributed by atoms with Gasteiger partial charge in [-0.3, -0.25) is 9.13 Å². The summed E-state index contributed by atoms with van der Waals surface area (Å²) in [5.74, 6) is -0.660. The third-order valence-electron chi connectivity index (χ3n) is 8.63. The highest BCUT2D eigenvalue weighted by Crippen LogP contribution is 2.37. The average Bonchev–Trinajstić information content (AvgIpc) is 3.82. The Bertz CT molecular complexity index is 2460. The fourth-order valence-corrected chi connectivity index (χ4v) is 8.07. The highest BCUT2D eigenvalue weighted by molar-refractivity contribution is 7.22. The third-order valence-corrected chi connectivity index (χ3v) is 10.7. The summed E-state index contributed by atoms with van der Waals surface area (Å²) in [5.41, 5.74) is 10.0. The number of para-hydroxylation sites is 2. The van der Waals surface area contributed by atoms with Crippen LogP contribution in [0.25, 0.3) is 42.9 Å². The van der Waals surface area contributed by atoms with Crippen LogP contribution < -0.4 is 22.6 Å². The normalized spacial score (nSPS) is 19.9. The number of pyridine rings is 2. The van der Waals surface area contributed by atoms with E-state index in [1.807, 2.05) is 42.5 Å². The van der Waals surface area contributed by atoms with Gasteiger partial charge in [0.05, 0.1) is 20.4 Å². The molecule has 0 atom stereocenters. The molecule has 2 aliphatic carbocycles. The molecule has 12 nitrogen and oxygen atoms in total.